The number of benzene rings is 3. The summed E-state index contributed by atoms with van der Waals surface area (Å²) in [6, 6.07) is 27.4. The molecule has 3 aromatic carbocycles. The van der Waals surface area contributed by atoms with E-state index in [1.54, 1.807) is 0 Å². The van der Waals surface area contributed by atoms with Crippen molar-refractivity contribution < 1.29 is 9.59 Å². The van der Waals surface area contributed by atoms with Crippen LogP contribution < -0.4 is 5.32 Å². The van der Waals surface area contributed by atoms with Crippen LogP contribution in [-0.2, 0) is 13.1 Å². The predicted octanol–water partition coefficient (Wildman–Crippen LogP) is 5.15. The summed E-state index contributed by atoms with van der Waals surface area (Å²) in [6.45, 7) is 2.62. The van der Waals surface area contributed by atoms with E-state index in [1.807, 2.05) is 101 Å². The molecule has 1 aromatic heterocycles. The Hall–Kier alpha value is -4.19. The largest absolute Gasteiger partial charge is 0.348 e. The second kappa shape index (κ2) is 11.0. The van der Waals surface area contributed by atoms with Crippen LogP contribution in [0, 0.1) is 0 Å². The molecule has 182 valence electrons. The summed E-state index contributed by atoms with van der Waals surface area (Å²) in [5, 5.41) is 7.77. The Kier molecular flexibility index (Phi) is 7.22. The topological polar surface area (TPSA) is 67.2 Å². The molecule has 1 N–H and O–H groups in total. The van der Waals surface area contributed by atoms with Gasteiger partial charge in [-0.3, -0.25) is 14.3 Å². The molecular formula is C30H30N4O2. The highest BCUT2D eigenvalue weighted by Crippen LogP contribution is 2.23. The van der Waals surface area contributed by atoms with Gasteiger partial charge in [0.2, 0.25) is 0 Å². The van der Waals surface area contributed by atoms with Crippen LogP contribution in [-0.4, -0.2) is 39.6 Å². The first-order chi connectivity index (χ1) is 17.7. The summed E-state index contributed by atoms with van der Waals surface area (Å²) in [5.74, 6) is -0.0924. The Morgan fingerprint density at radius 1 is 0.778 bits per heavy atom. The Morgan fingerprint density at radius 2 is 1.44 bits per heavy atom. The summed E-state index contributed by atoms with van der Waals surface area (Å²) in [4.78, 5) is 27.9. The average molecular weight is 479 g/mol. The number of likely N-dealkylation sites (tertiary alicyclic amines) is 1. The lowest BCUT2D eigenvalue weighted by Crippen LogP contribution is -2.35. The minimum Gasteiger partial charge on any atom is -0.348 e. The van der Waals surface area contributed by atoms with Crippen molar-refractivity contribution in [3.8, 4) is 11.3 Å². The molecule has 1 fully saturated rings. The second-order valence-corrected chi connectivity index (χ2v) is 9.17. The third kappa shape index (κ3) is 5.54. The summed E-state index contributed by atoms with van der Waals surface area (Å²) < 4.78 is 1.81. The van der Waals surface area contributed by atoms with Gasteiger partial charge in [0.05, 0.1) is 12.1 Å². The van der Waals surface area contributed by atoms with Crippen LogP contribution in [0.1, 0.15) is 51.1 Å². The van der Waals surface area contributed by atoms with Gasteiger partial charge in [-0.25, -0.2) is 0 Å². The molecule has 6 nitrogen and oxygen atoms in total. The molecular weight excluding hydrogens is 448 g/mol. The van der Waals surface area contributed by atoms with E-state index in [0.717, 1.165) is 42.6 Å². The van der Waals surface area contributed by atoms with E-state index in [-0.39, 0.29) is 11.8 Å². The number of hydrogen-bond acceptors (Lipinski definition) is 3. The van der Waals surface area contributed by atoms with Crippen molar-refractivity contribution in [2.75, 3.05) is 13.1 Å². The first kappa shape index (κ1) is 23.5. The van der Waals surface area contributed by atoms with Crippen LogP contribution in [0.5, 0.6) is 0 Å². The second-order valence-electron chi connectivity index (χ2n) is 9.17. The van der Waals surface area contributed by atoms with Crippen LogP contribution in [0.25, 0.3) is 11.3 Å². The number of hydrogen-bond donors (Lipinski definition) is 1. The quantitative estimate of drug-likeness (QED) is 0.399. The summed E-state index contributed by atoms with van der Waals surface area (Å²) in [6.07, 6.45) is 5.15. The lowest BCUT2D eigenvalue weighted by Gasteiger charge is -2.26. The molecule has 1 aliphatic heterocycles. The Morgan fingerprint density at radius 3 is 2.14 bits per heavy atom. The van der Waals surface area contributed by atoms with Crippen LogP contribution in [0.2, 0.25) is 0 Å². The van der Waals surface area contributed by atoms with Gasteiger partial charge in [0.15, 0.2) is 0 Å². The van der Waals surface area contributed by atoms with Gasteiger partial charge in [0.1, 0.15) is 5.69 Å². The van der Waals surface area contributed by atoms with Crippen molar-refractivity contribution in [3.05, 3.63) is 113 Å². The molecule has 6 heteroatoms. The molecule has 0 spiro atoms. The van der Waals surface area contributed by atoms with Crippen LogP contribution in [0.3, 0.4) is 0 Å². The first-order valence-electron chi connectivity index (χ1n) is 12.5. The molecule has 1 aliphatic rings. The molecule has 1 saturated heterocycles. The number of nitrogens with zero attached hydrogens (tertiary/aromatic N) is 3. The maximum atomic E-state index is 13.2. The maximum Gasteiger partial charge on any atom is 0.255 e. The molecule has 0 bridgehead atoms. The third-order valence-electron chi connectivity index (χ3n) is 6.54. The maximum absolute atomic E-state index is 13.2. The highest BCUT2D eigenvalue weighted by molar-refractivity contribution is 5.99. The van der Waals surface area contributed by atoms with Gasteiger partial charge in [-0.15, -0.1) is 0 Å². The number of carbonyl (C=O) groups excluding carboxylic acids is 2. The molecule has 0 atom stereocenters. The van der Waals surface area contributed by atoms with Gasteiger partial charge in [-0.2, -0.15) is 5.10 Å². The smallest absolute Gasteiger partial charge is 0.255 e. The standard InChI is InChI=1S/C30H30N4O2/c35-29(31-20-23-14-16-26(17-15-23)30(36)33-18-8-3-9-19-33)27-22-34(21-24-10-4-1-5-11-24)32-28(27)25-12-6-2-7-13-25/h1-2,4-7,10-17,22H,3,8-9,18-21H2,(H,31,35). The molecule has 2 amide bonds. The normalized spacial score (nSPS) is 13.4. The number of aromatic nitrogens is 2. The molecule has 0 saturated carbocycles. The number of amides is 2. The fraction of sp³-hybridized carbons (Fsp3) is 0.233. The van der Waals surface area contributed by atoms with Crippen molar-refractivity contribution in [3.63, 3.8) is 0 Å². The van der Waals surface area contributed by atoms with Gasteiger partial charge in [-0.1, -0.05) is 72.8 Å². The van der Waals surface area contributed by atoms with Crippen molar-refractivity contribution in [1.82, 2.24) is 20.0 Å². The van der Waals surface area contributed by atoms with Gasteiger partial charge in [0.25, 0.3) is 11.8 Å². The van der Waals surface area contributed by atoms with Crippen LogP contribution in [0.15, 0.2) is 91.1 Å². The van der Waals surface area contributed by atoms with Gasteiger partial charge >= 0.3 is 0 Å². The zero-order valence-electron chi connectivity index (χ0n) is 20.3. The van der Waals surface area contributed by atoms with E-state index in [4.69, 9.17) is 5.10 Å². The number of carbonyl (C=O) groups is 2. The van der Waals surface area contributed by atoms with E-state index in [0.29, 0.717) is 29.9 Å². The van der Waals surface area contributed by atoms with E-state index in [1.165, 1.54) is 6.42 Å². The Balaban J connectivity index is 1.29. The monoisotopic (exact) mass is 478 g/mol. The molecule has 0 radical (unpaired) electrons. The summed E-state index contributed by atoms with van der Waals surface area (Å²) >= 11 is 0. The predicted molar refractivity (Wildman–Crippen MR) is 141 cm³/mol. The minimum absolute atomic E-state index is 0.0867. The number of nitrogens with one attached hydrogen (secondary N) is 1. The van der Waals surface area contributed by atoms with Crippen molar-refractivity contribution in [2.45, 2.75) is 32.4 Å². The fourth-order valence-electron chi connectivity index (χ4n) is 4.57. The lowest BCUT2D eigenvalue weighted by molar-refractivity contribution is 0.0724. The Labute approximate surface area is 211 Å². The van der Waals surface area contributed by atoms with Crippen LogP contribution >= 0.6 is 0 Å². The van der Waals surface area contributed by atoms with Gasteiger partial charge in [-0.05, 0) is 42.5 Å². The van der Waals surface area contributed by atoms with Crippen molar-refractivity contribution in [2.24, 2.45) is 0 Å². The molecule has 2 heterocycles. The average Bonchev–Trinajstić information content (AvgIpc) is 3.37. The SMILES string of the molecule is O=C(NCc1ccc(C(=O)N2CCCCC2)cc1)c1cn(Cc2ccccc2)nc1-c1ccccc1. The number of rotatable bonds is 7. The highest BCUT2D eigenvalue weighted by atomic mass is 16.2. The zero-order chi connectivity index (χ0) is 24.7. The zero-order valence-corrected chi connectivity index (χ0v) is 20.3. The van der Waals surface area contributed by atoms with Crippen LogP contribution in [0.4, 0.5) is 0 Å². The third-order valence-corrected chi connectivity index (χ3v) is 6.54. The lowest BCUT2D eigenvalue weighted by atomic mass is 10.1. The van der Waals surface area contributed by atoms with E-state index >= 15 is 0 Å². The summed E-state index contributed by atoms with van der Waals surface area (Å²) in [5.41, 5.74) is 4.85. The summed E-state index contributed by atoms with van der Waals surface area (Å²) in [7, 11) is 0. The first-order valence-corrected chi connectivity index (χ1v) is 12.5. The van der Waals surface area contributed by atoms with Gasteiger partial charge in [0, 0.05) is 37.0 Å². The van der Waals surface area contributed by atoms with Crippen molar-refractivity contribution in [1.29, 1.82) is 0 Å². The highest BCUT2D eigenvalue weighted by Gasteiger charge is 2.19. The molecule has 4 aromatic rings. The van der Waals surface area contributed by atoms with E-state index < -0.39 is 0 Å². The fourth-order valence-corrected chi connectivity index (χ4v) is 4.57. The molecule has 0 unspecified atom stereocenters. The minimum atomic E-state index is -0.179. The Bertz CT molecular complexity index is 1310. The molecule has 5 rings (SSSR count). The molecule has 0 aliphatic carbocycles. The van der Waals surface area contributed by atoms with Crippen molar-refractivity contribution >= 4 is 11.8 Å². The van der Waals surface area contributed by atoms with E-state index in [9.17, 15) is 9.59 Å². The number of piperidine rings is 1. The molecule has 36 heavy (non-hydrogen) atoms. The van der Waals surface area contributed by atoms with Gasteiger partial charge < -0.3 is 10.2 Å². The van der Waals surface area contributed by atoms with E-state index in [2.05, 4.69) is 5.32 Å².